The van der Waals surface area contributed by atoms with E-state index in [1.54, 1.807) is 0 Å². The molecule has 9 aliphatic rings. The van der Waals surface area contributed by atoms with E-state index in [0.29, 0.717) is 60.4 Å². The number of nitrogens with one attached hydrogen (secondary N) is 5. The first-order chi connectivity index (χ1) is 23.6. The van der Waals surface area contributed by atoms with Crippen LogP contribution in [0.2, 0.25) is 0 Å². The molecular weight excluding hydrogens is 604 g/mol. The number of nitrogens with zero attached hydrogens (tertiary/aromatic N) is 3. The van der Waals surface area contributed by atoms with Crippen LogP contribution in [0.25, 0.3) is 0 Å². The van der Waals surface area contributed by atoms with Crippen LogP contribution >= 0.6 is 0 Å². The van der Waals surface area contributed by atoms with Crippen molar-refractivity contribution in [1.29, 1.82) is 0 Å². The highest BCUT2D eigenvalue weighted by Gasteiger charge is 2.49. The summed E-state index contributed by atoms with van der Waals surface area (Å²) in [5.41, 5.74) is 7.71. The second-order valence-corrected chi connectivity index (χ2v) is 17.6. The number of fused-ring (bicyclic) bond motifs is 3. The average molecular weight is 671 g/mol. The van der Waals surface area contributed by atoms with E-state index in [0.717, 1.165) is 64.6 Å². The Balaban J connectivity index is 0.866. The topological polar surface area (TPSA) is 120 Å². The largest absolute Gasteiger partial charge is 0.393 e. The van der Waals surface area contributed by atoms with E-state index in [4.69, 9.17) is 4.74 Å². The number of ether oxygens (including phenoxy) is 1. The number of aliphatic hydroxyl groups is 2. The highest BCUT2D eigenvalue weighted by molar-refractivity contribution is 5.02. The van der Waals surface area contributed by atoms with Gasteiger partial charge in [0.1, 0.15) is 12.5 Å². The van der Waals surface area contributed by atoms with Gasteiger partial charge in [-0.1, -0.05) is 25.7 Å². The van der Waals surface area contributed by atoms with Crippen molar-refractivity contribution in [3.8, 4) is 0 Å². The van der Waals surface area contributed by atoms with Crippen LogP contribution in [0.15, 0.2) is 0 Å². The molecule has 4 aliphatic heterocycles. The smallest absolute Gasteiger partial charge is 0.114 e. The van der Waals surface area contributed by atoms with Gasteiger partial charge in [0.15, 0.2) is 0 Å². The van der Waals surface area contributed by atoms with Crippen LogP contribution in [0.5, 0.6) is 0 Å². The molecule has 0 aromatic heterocycles. The molecule has 5 saturated carbocycles. The Morgan fingerprint density at radius 2 is 1.25 bits per heavy atom. The molecule has 48 heavy (non-hydrogen) atoms. The van der Waals surface area contributed by atoms with Gasteiger partial charge in [0.05, 0.1) is 18.3 Å². The summed E-state index contributed by atoms with van der Waals surface area (Å²) in [6.45, 7) is 3.28. The van der Waals surface area contributed by atoms with Gasteiger partial charge in [-0.2, -0.15) is 5.12 Å². The molecule has 0 bridgehead atoms. The molecule has 9 fully saturated rings. The van der Waals surface area contributed by atoms with Gasteiger partial charge in [0, 0.05) is 73.3 Å². The first-order valence-corrected chi connectivity index (χ1v) is 20.7. The summed E-state index contributed by atoms with van der Waals surface area (Å²) in [4.78, 5) is 5.42. The SMILES string of the molecule is OC1CC(N(C2CCC(N3NC4CCCCC4N3)CC2)C2CCC(C3NC4CCCCC4O3)C(O)C2)CCC1C1CN2CCCNC2N1. The molecule has 4 heterocycles. The Morgan fingerprint density at radius 3 is 1.92 bits per heavy atom. The molecule has 0 aromatic carbocycles. The highest BCUT2D eigenvalue weighted by Crippen LogP contribution is 2.42. The molecule has 0 amide bonds. The standard InChI is InChI=1S/C37H66N8O3/c46-33-20-25(14-16-27(33)32-22-43-19-5-18-38-37(43)40-32)44(23-10-12-24(13-11-23)45-41-29-6-1-2-7-30(29)42-45)26-15-17-28(34(47)21-26)36-39-31-8-3-4-9-35(31)48-36/h23-42,46-47H,1-22H2. The summed E-state index contributed by atoms with van der Waals surface area (Å²) in [6, 6.07) is 3.90. The zero-order valence-corrected chi connectivity index (χ0v) is 29.4. The van der Waals surface area contributed by atoms with Crippen LogP contribution in [0.3, 0.4) is 0 Å². The third kappa shape index (κ3) is 6.66. The number of aliphatic hydroxyl groups excluding tert-OH is 2. The van der Waals surface area contributed by atoms with Crippen LogP contribution in [0.1, 0.15) is 122 Å². The Kier molecular flexibility index (Phi) is 10.1. The molecule has 272 valence electrons. The van der Waals surface area contributed by atoms with Crippen LogP contribution in [0, 0.1) is 11.8 Å². The van der Waals surface area contributed by atoms with E-state index >= 15 is 0 Å². The molecule has 13 atom stereocenters. The van der Waals surface area contributed by atoms with E-state index in [9.17, 15) is 10.2 Å². The number of hydrogen-bond acceptors (Lipinski definition) is 11. The quantitative estimate of drug-likeness (QED) is 0.225. The summed E-state index contributed by atoms with van der Waals surface area (Å²) in [7, 11) is 0. The van der Waals surface area contributed by atoms with Crippen LogP contribution in [0.4, 0.5) is 0 Å². The van der Waals surface area contributed by atoms with Crippen LogP contribution in [-0.2, 0) is 4.74 Å². The molecule has 0 spiro atoms. The second-order valence-electron chi connectivity index (χ2n) is 17.6. The monoisotopic (exact) mass is 671 g/mol. The van der Waals surface area contributed by atoms with Gasteiger partial charge < -0.3 is 14.9 Å². The lowest BCUT2D eigenvalue weighted by atomic mass is 9.75. The summed E-state index contributed by atoms with van der Waals surface area (Å²) in [5, 5.41) is 37.3. The van der Waals surface area contributed by atoms with E-state index in [1.807, 2.05) is 0 Å². The first-order valence-electron chi connectivity index (χ1n) is 20.7. The molecule has 4 saturated heterocycles. The normalized spacial score (nSPS) is 50.7. The minimum atomic E-state index is -0.338. The van der Waals surface area contributed by atoms with E-state index in [2.05, 4.69) is 41.7 Å². The predicted octanol–water partition coefficient (Wildman–Crippen LogP) is 2.10. The van der Waals surface area contributed by atoms with Crippen molar-refractivity contribution in [3.63, 3.8) is 0 Å². The van der Waals surface area contributed by atoms with E-state index < -0.39 is 0 Å². The zero-order chi connectivity index (χ0) is 32.2. The Hall–Kier alpha value is -0.440. The molecule has 5 aliphatic carbocycles. The minimum Gasteiger partial charge on any atom is -0.393 e. The zero-order valence-electron chi connectivity index (χ0n) is 29.4. The fraction of sp³-hybridized carbons (Fsp3) is 1.00. The van der Waals surface area contributed by atoms with Crippen molar-refractivity contribution < 1.29 is 14.9 Å². The maximum Gasteiger partial charge on any atom is 0.114 e. The van der Waals surface area contributed by atoms with Gasteiger partial charge in [0.2, 0.25) is 0 Å². The Morgan fingerprint density at radius 1 is 0.604 bits per heavy atom. The van der Waals surface area contributed by atoms with Crippen molar-refractivity contribution in [1.82, 2.24) is 41.7 Å². The molecule has 0 radical (unpaired) electrons. The van der Waals surface area contributed by atoms with Gasteiger partial charge in [-0.3, -0.25) is 25.8 Å². The summed E-state index contributed by atoms with van der Waals surface area (Å²) < 4.78 is 6.56. The lowest BCUT2D eigenvalue weighted by molar-refractivity contribution is -0.0932. The predicted molar refractivity (Wildman–Crippen MR) is 185 cm³/mol. The molecule has 9 rings (SSSR count). The van der Waals surface area contributed by atoms with Gasteiger partial charge in [-0.15, -0.1) is 0 Å². The third-order valence-electron chi connectivity index (χ3n) is 14.8. The molecular formula is C37H66N8O3. The highest BCUT2D eigenvalue weighted by atomic mass is 16.5. The maximum atomic E-state index is 11.8. The molecule has 11 nitrogen and oxygen atoms in total. The lowest BCUT2D eigenvalue weighted by Crippen LogP contribution is -2.59. The summed E-state index contributed by atoms with van der Waals surface area (Å²) in [5.74, 6) is 0.500. The van der Waals surface area contributed by atoms with Crippen molar-refractivity contribution in [2.75, 3.05) is 19.6 Å². The van der Waals surface area contributed by atoms with Crippen molar-refractivity contribution in [2.24, 2.45) is 11.8 Å². The van der Waals surface area contributed by atoms with Gasteiger partial charge >= 0.3 is 0 Å². The Labute approximate surface area is 288 Å². The van der Waals surface area contributed by atoms with Gasteiger partial charge in [0.25, 0.3) is 0 Å². The van der Waals surface area contributed by atoms with Crippen LogP contribution < -0.4 is 26.8 Å². The summed E-state index contributed by atoms with van der Waals surface area (Å²) >= 11 is 0. The van der Waals surface area contributed by atoms with Gasteiger partial charge in [-0.05, 0) is 103 Å². The first kappa shape index (κ1) is 33.4. The minimum absolute atomic E-state index is 0.00666. The van der Waals surface area contributed by atoms with Crippen LogP contribution in [-0.4, -0.2) is 124 Å². The lowest BCUT2D eigenvalue weighted by Gasteiger charge is -2.52. The Bertz CT molecular complexity index is 983. The third-order valence-corrected chi connectivity index (χ3v) is 14.8. The molecule has 13 unspecified atom stereocenters. The fourth-order valence-electron chi connectivity index (χ4n) is 12.2. The molecule has 7 N–H and O–H groups in total. The maximum absolute atomic E-state index is 11.8. The number of hydrogen-bond donors (Lipinski definition) is 7. The molecule has 11 heteroatoms. The fourth-order valence-corrected chi connectivity index (χ4v) is 12.2. The second kappa shape index (κ2) is 14.5. The van der Waals surface area contributed by atoms with Crippen molar-refractivity contribution in [2.45, 2.75) is 201 Å². The molecule has 0 aromatic rings. The van der Waals surface area contributed by atoms with E-state index in [1.165, 1.54) is 77.0 Å². The van der Waals surface area contributed by atoms with E-state index in [-0.39, 0.29) is 30.6 Å². The van der Waals surface area contributed by atoms with Gasteiger partial charge in [-0.25, -0.2) is 10.9 Å². The van der Waals surface area contributed by atoms with Crippen molar-refractivity contribution in [3.05, 3.63) is 0 Å². The summed E-state index contributed by atoms with van der Waals surface area (Å²) in [6.07, 6.45) is 22.4. The number of hydrazine groups is 2. The van der Waals surface area contributed by atoms with Crippen molar-refractivity contribution >= 4 is 0 Å². The number of rotatable bonds is 6. The average Bonchev–Trinajstić information content (AvgIpc) is 3.85.